The summed E-state index contributed by atoms with van der Waals surface area (Å²) in [6, 6.07) is 17.0. The van der Waals surface area contributed by atoms with E-state index < -0.39 is 0 Å². The van der Waals surface area contributed by atoms with E-state index in [1.807, 2.05) is 0 Å². The largest absolute Gasteiger partial charge is 0.312 e. The van der Waals surface area contributed by atoms with Crippen molar-refractivity contribution in [1.29, 1.82) is 0 Å². The molecular formula is C20H20N2OS. The van der Waals surface area contributed by atoms with Crippen LogP contribution >= 0.6 is 11.3 Å². The average Bonchev–Trinajstić information content (AvgIpc) is 2.96. The number of nitrogens with one attached hydrogen (secondary N) is 1. The number of aromatic nitrogens is 1. The summed E-state index contributed by atoms with van der Waals surface area (Å²) in [6.07, 6.45) is 1.08. The van der Waals surface area contributed by atoms with Gasteiger partial charge in [-0.25, -0.2) is 0 Å². The third-order valence-corrected chi connectivity index (χ3v) is 5.51. The van der Waals surface area contributed by atoms with Crippen LogP contribution in [0, 0.1) is 6.92 Å². The second kappa shape index (κ2) is 6.38. The maximum Gasteiger partial charge on any atom is 0.305 e. The number of nitrogens with zero attached hydrogens (tertiary/aromatic N) is 1. The van der Waals surface area contributed by atoms with Crippen LogP contribution in [0.2, 0.25) is 0 Å². The van der Waals surface area contributed by atoms with E-state index in [0.717, 1.165) is 42.2 Å². The molecule has 122 valence electrons. The van der Waals surface area contributed by atoms with Crippen LogP contribution in [0.25, 0.3) is 11.3 Å². The summed E-state index contributed by atoms with van der Waals surface area (Å²) in [5, 5.41) is 0. The summed E-state index contributed by atoms with van der Waals surface area (Å²) in [7, 11) is 0. The van der Waals surface area contributed by atoms with Crippen LogP contribution in [0.5, 0.6) is 0 Å². The first kappa shape index (κ1) is 15.4. The van der Waals surface area contributed by atoms with Crippen molar-refractivity contribution in [3.8, 4) is 11.3 Å². The Bertz CT molecular complexity index is 908. The Morgan fingerprint density at radius 1 is 1.08 bits per heavy atom. The fourth-order valence-corrected chi connectivity index (χ4v) is 4.21. The zero-order chi connectivity index (χ0) is 16.5. The maximum atomic E-state index is 11.9. The van der Waals surface area contributed by atoms with E-state index in [2.05, 4.69) is 65.3 Å². The molecule has 3 aromatic rings. The lowest BCUT2D eigenvalue weighted by atomic mass is 10.00. The van der Waals surface area contributed by atoms with E-state index >= 15 is 0 Å². The number of hydrogen-bond acceptors (Lipinski definition) is 3. The monoisotopic (exact) mass is 336 g/mol. The molecule has 0 amide bonds. The SMILES string of the molecule is Cc1ccc(-c2[nH]c(=O)sc2CN2CCc3ccccc3C2)cc1. The Hall–Kier alpha value is -2.17. The fraction of sp³-hybridized carbons (Fsp3) is 0.250. The molecule has 0 saturated heterocycles. The Morgan fingerprint density at radius 3 is 2.62 bits per heavy atom. The van der Waals surface area contributed by atoms with Gasteiger partial charge in [-0.05, 0) is 30.0 Å². The third-order valence-electron chi connectivity index (χ3n) is 4.64. The highest BCUT2D eigenvalue weighted by Crippen LogP contribution is 2.27. The van der Waals surface area contributed by atoms with Gasteiger partial charge < -0.3 is 4.98 Å². The van der Waals surface area contributed by atoms with Gasteiger partial charge in [-0.1, -0.05) is 65.4 Å². The minimum atomic E-state index is 0.0259. The summed E-state index contributed by atoms with van der Waals surface area (Å²) in [4.78, 5) is 18.5. The van der Waals surface area contributed by atoms with Crippen LogP contribution in [0.1, 0.15) is 21.6 Å². The molecule has 1 aromatic heterocycles. The van der Waals surface area contributed by atoms with Gasteiger partial charge in [0.15, 0.2) is 0 Å². The number of aromatic amines is 1. The van der Waals surface area contributed by atoms with Crippen molar-refractivity contribution in [3.05, 3.63) is 79.8 Å². The quantitative estimate of drug-likeness (QED) is 0.785. The van der Waals surface area contributed by atoms with Crippen molar-refractivity contribution < 1.29 is 0 Å². The molecule has 4 rings (SSSR count). The predicted molar refractivity (Wildman–Crippen MR) is 99.4 cm³/mol. The molecule has 1 N–H and O–H groups in total. The van der Waals surface area contributed by atoms with Crippen molar-refractivity contribution in [2.45, 2.75) is 26.4 Å². The first-order valence-electron chi connectivity index (χ1n) is 8.27. The highest BCUT2D eigenvalue weighted by Gasteiger charge is 2.19. The minimum Gasteiger partial charge on any atom is -0.312 e. The molecule has 0 atom stereocenters. The van der Waals surface area contributed by atoms with Crippen LogP contribution in [0.3, 0.4) is 0 Å². The molecule has 1 aliphatic rings. The van der Waals surface area contributed by atoms with Crippen molar-refractivity contribution >= 4 is 11.3 Å². The first-order valence-corrected chi connectivity index (χ1v) is 9.09. The number of H-pyrrole nitrogens is 1. The molecule has 0 saturated carbocycles. The summed E-state index contributed by atoms with van der Waals surface area (Å²) in [5.41, 5.74) is 6.15. The molecule has 0 spiro atoms. The van der Waals surface area contributed by atoms with Gasteiger partial charge in [-0.3, -0.25) is 9.69 Å². The molecule has 0 fully saturated rings. The third kappa shape index (κ3) is 3.07. The summed E-state index contributed by atoms with van der Waals surface area (Å²) in [5.74, 6) is 0. The second-order valence-electron chi connectivity index (χ2n) is 6.41. The lowest BCUT2D eigenvalue weighted by Gasteiger charge is -2.28. The van der Waals surface area contributed by atoms with E-state index in [-0.39, 0.29) is 4.87 Å². The van der Waals surface area contributed by atoms with Gasteiger partial charge >= 0.3 is 4.87 Å². The Kier molecular flexibility index (Phi) is 4.08. The zero-order valence-corrected chi connectivity index (χ0v) is 14.5. The average molecular weight is 336 g/mol. The van der Waals surface area contributed by atoms with Gasteiger partial charge in [0, 0.05) is 24.5 Å². The van der Waals surface area contributed by atoms with Crippen molar-refractivity contribution in [2.75, 3.05) is 6.54 Å². The molecule has 4 heteroatoms. The number of thiazole rings is 1. The first-order chi connectivity index (χ1) is 11.7. The van der Waals surface area contributed by atoms with Crippen LogP contribution in [0.4, 0.5) is 0 Å². The predicted octanol–water partition coefficient (Wildman–Crippen LogP) is 3.97. The molecule has 2 aromatic carbocycles. The highest BCUT2D eigenvalue weighted by molar-refractivity contribution is 7.09. The molecule has 0 unspecified atom stereocenters. The van der Waals surface area contributed by atoms with E-state index in [1.165, 1.54) is 28.0 Å². The Labute approximate surface area is 145 Å². The summed E-state index contributed by atoms with van der Waals surface area (Å²) >= 11 is 1.34. The van der Waals surface area contributed by atoms with Gasteiger partial charge in [0.25, 0.3) is 0 Å². The van der Waals surface area contributed by atoms with E-state index in [1.54, 1.807) is 0 Å². The molecule has 1 aliphatic heterocycles. The number of hydrogen-bond donors (Lipinski definition) is 1. The van der Waals surface area contributed by atoms with Crippen LogP contribution < -0.4 is 4.87 Å². The number of fused-ring (bicyclic) bond motifs is 1. The van der Waals surface area contributed by atoms with Crippen molar-refractivity contribution in [1.82, 2.24) is 9.88 Å². The molecule has 2 heterocycles. The molecular weight excluding hydrogens is 316 g/mol. The van der Waals surface area contributed by atoms with Crippen molar-refractivity contribution in [3.63, 3.8) is 0 Å². The lowest BCUT2D eigenvalue weighted by Crippen LogP contribution is -2.29. The topological polar surface area (TPSA) is 36.1 Å². The van der Waals surface area contributed by atoms with Gasteiger partial charge in [0.2, 0.25) is 0 Å². The van der Waals surface area contributed by atoms with Gasteiger partial charge in [-0.2, -0.15) is 0 Å². The van der Waals surface area contributed by atoms with Crippen molar-refractivity contribution in [2.24, 2.45) is 0 Å². The van der Waals surface area contributed by atoms with Gasteiger partial charge in [0.1, 0.15) is 0 Å². The second-order valence-corrected chi connectivity index (χ2v) is 7.48. The molecule has 0 aliphatic carbocycles. The Balaban J connectivity index is 1.60. The number of aryl methyl sites for hydroxylation is 1. The fourth-order valence-electron chi connectivity index (χ4n) is 3.32. The van der Waals surface area contributed by atoms with Gasteiger partial charge in [-0.15, -0.1) is 0 Å². The van der Waals surface area contributed by atoms with Crippen LogP contribution in [-0.2, 0) is 19.5 Å². The zero-order valence-electron chi connectivity index (χ0n) is 13.7. The summed E-state index contributed by atoms with van der Waals surface area (Å²) in [6.45, 7) is 4.89. The van der Waals surface area contributed by atoms with Gasteiger partial charge in [0.05, 0.1) is 5.69 Å². The van der Waals surface area contributed by atoms with Crippen LogP contribution in [-0.4, -0.2) is 16.4 Å². The molecule has 0 radical (unpaired) electrons. The van der Waals surface area contributed by atoms with E-state index in [4.69, 9.17) is 0 Å². The lowest BCUT2D eigenvalue weighted by molar-refractivity contribution is 0.248. The van der Waals surface area contributed by atoms with E-state index in [9.17, 15) is 4.79 Å². The van der Waals surface area contributed by atoms with Crippen LogP contribution in [0.15, 0.2) is 53.3 Å². The normalized spacial score (nSPS) is 14.5. The van der Waals surface area contributed by atoms with E-state index in [0.29, 0.717) is 0 Å². The molecule has 3 nitrogen and oxygen atoms in total. The number of benzene rings is 2. The standard InChI is InChI=1S/C20H20N2OS/c1-14-6-8-16(9-7-14)19-18(24-20(23)21-19)13-22-11-10-15-4-2-3-5-17(15)12-22/h2-9H,10-13H2,1H3,(H,21,23). The highest BCUT2D eigenvalue weighted by atomic mass is 32.1. The minimum absolute atomic E-state index is 0.0259. The summed E-state index contributed by atoms with van der Waals surface area (Å²) < 4.78 is 0. The smallest absolute Gasteiger partial charge is 0.305 e. The Morgan fingerprint density at radius 2 is 1.83 bits per heavy atom. The number of rotatable bonds is 3. The molecule has 24 heavy (non-hydrogen) atoms. The molecule has 0 bridgehead atoms. The maximum absolute atomic E-state index is 11.9.